The summed E-state index contributed by atoms with van der Waals surface area (Å²) in [7, 11) is 1.82. The molecule has 1 amide bonds. The van der Waals surface area contributed by atoms with E-state index in [1.54, 1.807) is 12.1 Å². The van der Waals surface area contributed by atoms with Gasteiger partial charge in [-0.1, -0.05) is 31.0 Å². The molecule has 1 aliphatic carbocycles. The van der Waals surface area contributed by atoms with E-state index in [9.17, 15) is 9.18 Å². The first-order valence-corrected chi connectivity index (χ1v) is 7.40. The molecule has 0 radical (unpaired) electrons. The van der Waals surface area contributed by atoms with Crippen molar-refractivity contribution in [2.24, 2.45) is 5.92 Å². The Balaban J connectivity index is 2.12. The summed E-state index contributed by atoms with van der Waals surface area (Å²) < 4.78 is 14.0. The lowest BCUT2D eigenvalue weighted by Crippen LogP contribution is -2.34. The van der Waals surface area contributed by atoms with Gasteiger partial charge in [0.05, 0.1) is 6.04 Å². The van der Waals surface area contributed by atoms with Crippen molar-refractivity contribution in [2.75, 3.05) is 13.6 Å². The van der Waals surface area contributed by atoms with Gasteiger partial charge in [0.25, 0.3) is 0 Å². The molecular formula is C16H23FN2O. The Morgan fingerprint density at radius 1 is 1.35 bits per heavy atom. The SMILES string of the molecule is CNCCC(=O)NC(c1ccccc1F)C1CCCC1. The van der Waals surface area contributed by atoms with Gasteiger partial charge in [0, 0.05) is 18.5 Å². The van der Waals surface area contributed by atoms with E-state index >= 15 is 0 Å². The van der Waals surface area contributed by atoms with E-state index in [0.29, 0.717) is 24.4 Å². The lowest BCUT2D eigenvalue weighted by atomic mass is 9.91. The minimum Gasteiger partial charge on any atom is -0.349 e. The predicted octanol–water partition coefficient (Wildman–Crippen LogP) is 2.78. The second-order valence-electron chi connectivity index (χ2n) is 5.46. The molecule has 20 heavy (non-hydrogen) atoms. The Morgan fingerprint density at radius 2 is 2.05 bits per heavy atom. The van der Waals surface area contributed by atoms with E-state index in [1.807, 2.05) is 13.1 Å². The summed E-state index contributed by atoms with van der Waals surface area (Å²) in [5, 5.41) is 5.99. The van der Waals surface area contributed by atoms with Crippen LogP contribution >= 0.6 is 0 Å². The molecule has 0 bridgehead atoms. The van der Waals surface area contributed by atoms with Crippen molar-refractivity contribution in [2.45, 2.75) is 38.1 Å². The highest BCUT2D eigenvalue weighted by Gasteiger charge is 2.29. The molecule has 1 aromatic carbocycles. The Labute approximate surface area is 120 Å². The molecule has 0 aromatic heterocycles. The lowest BCUT2D eigenvalue weighted by Gasteiger charge is -2.25. The Morgan fingerprint density at radius 3 is 2.70 bits per heavy atom. The molecule has 2 rings (SSSR count). The molecule has 1 saturated carbocycles. The fourth-order valence-corrected chi connectivity index (χ4v) is 2.95. The number of amides is 1. The van der Waals surface area contributed by atoms with Crippen LogP contribution in [-0.4, -0.2) is 19.5 Å². The molecule has 0 heterocycles. The van der Waals surface area contributed by atoms with Gasteiger partial charge in [-0.3, -0.25) is 4.79 Å². The summed E-state index contributed by atoms with van der Waals surface area (Å²) in [5.74, 6) is 0.114. The smallest absolute Gasteiger partial charge is 0.221 e. The van der Waals surface area contributed by atoms with E-state index in [0.717, 1.165) is 12.8 Å². The highest BCUT2D eigenvalue weighted by Crippen LogP contribution is 2.36. The van der Waals surface area contributed by atoms with Crippen molar-refractivity contribution in [3.8, 4) is 0 Å². The number of carbonyl (C=O) groups excluding carboxylic acids is 1. The van der Waals surface area contributed by atoms with Crippen molar-refractivity contribution >= 4 is 5.91 Å². The molecule has 4 heteroatoms. The van der Waals surface area contributed by atoms with Crippen molar-refractivity contribution in [3.05, 3.63) is 35.6 Å². The van der Waals surface area contributed by atoms with Crippen molar-refractivity contribution in [3.63, 3.8) is 0 Å². The second kappa shape index (κ2) is 7.39. The van der Waals surface area contributed by atoms with Crippen LogP contribution in [0.1, 0.15) is 43.7 Å². The minimum absolute atomic E-state index is 0.0143. The first-order valence-electron chi connectivity index (χ1n) is 7.40. The molecule has 110 valence electrons. The number of carbonyl (C=O) groups is 1. The van der Waals surface area contributed by atoms with E-state index < -0.39 is 0 Å². The topological polar surface area (TPSA) is 41.1 Å². The maximum absolute atomic E-state index is 14.0. The van der Waals surface area contributed by atoms with E-state index in [4.69, 9.17) is 0 Å². The number of nitrogens with one attached hydrogen (secondary N) is 2. The first-order chi connectivity index (χ1) is 9.72. The van der Waals surface area contributed by atoms with E-state index in [-0.39, 0.29) is 17.8 Å². The van der Waals surface area contributed by atoms with Gasteiger partial charge < -0.3 is 10.6 Å². The Bertz CT molecular complexity index is 444. The Hall–Kier alpha value is -1.42. The van der Waals surface area contributed by atoms with Gasteiger partial charge in [0.2, 0.25) is 5.91 Å². The summed E-state index contributed by atoms with van der Waals surface area (Å²) in [6, 6.07) is 6.59. The van der Waals surface area contributed by atoms with Gasteiger partial charge in [0.15, 0.2) is 0 Å². The summed E-state index contributed by atoms with van der Waals surface area (Å²) >= 11 is 0. The monoisotopic (exact) mass is 278 g/mol. The molecule has 1 atom stereocenters. The van der Waals surface area contributed by atoms with E-state index in [1.165, 1.54) is 18.9 Å². The third kappa shape index (κ3) is 3.79. The minimum atomic E-state index is -0.224. The van der Waals surface area contributed by atoms with Crippen LogP contribution in [0.15, 0.2) is 24.3 Å². The standard InChI is InChI=1S/C16H23FN2O/c1-18-11-10-15(20)19-16(12-6-2-3-7-12)13-8-4-5-9-14(13)17/h4-5,8-9,12,16,18H,2-3,6-7,10-11H2,1H3,(H,19,20). The van der Waals surface area contributed by atoms with Crippen molar-refractivity contribution in [1.29, 1.82) is 0 Å². The van der Waals surface area contributed by atoms with Gasteiger partial charge in [-0.25, -0.2) is 4.39 Å². The molecule has 0 spiro atoms. The van der Waals surface area contributed by atoms with Crippen LogP contribution in [0, 0.1) is 11.7 Å². The first kappa shape index (κ1) is 15.0. The molecule has 1 aliphatic rings. The zero-order chi connectivity index (χ0) is 14.4. The third-order valence-corrected chi connectivity index (χ3v) is 4.03. The highest BCUT2D eigenvalue weighted by molar-refractivity contribution is 5.76. The van der Waals surface area contributed by atoms with Gasteiger partial charge >= 0.3 is 0 Å². The maximum atomic E-state index is 14.0. The molecular weight excluding hydrogens is 255 g/mol. The van der Waals surface area contributed by atoms with Gasteiger partial charge in [-0.2, -0.15) is 0 Å². The summed E-state index contributed by atoms with van der Waals surface area (Å²) in [4.78, 5) is 12.0. The van der Waals surface area contributed by atoms with Crippen LogP contribution < -0.4 is 10.6 Å². The number of halogens is 1. The third-order valence-electron chi connectivity index (χ3n) is 4.03. The molecule has 1 fully saturated rings. The van der Waals surface area contributed by atoms with Crippen LogP contribution in [0.4, 0.5) is 4.39 Å². The van der Waals surface area contributed by atoms with Crippen LogP contribution in [0.2, 0.25) is 0 Å². The zero-order valence-corrected chi connectivity index (χ0v) is 12.0. The molecule has 0 aliphatic heterocycles. The van der Waals surface area contributed by atoms with Gasteiger partial charge in [0.1, 0.15) is 5.82 Å². The number of hydrogen-bond acceptors (Lipinski definition) is 2. The molecule has 2 N–H and O–H groups in total. The fourth-order valence-electron chi connectivity index (χ4n) is 2.95. The summed E-state index contributed by atoms with van der Waals surface area (Å²) in [5.41, 5.74) is 0.622. The average Bonchev–Trinajstić information content (AvgIpc) is 2.97. The predicted molar refractivity (Wildman–Crippen MR) is 77.8 cm³/mol. The maximum Gasteiger partial charge on any atom is 0.221 e. The summed E-state index contributed by atoms with van der Waals surface area (Å²) in [6.45, 7) is 0.639. The van der Waals surface area contributed by atoms with E-state index in [2.05, 4.69) is 10.6 Å². The number of hydrogen-bond donors (Lipinski definition) is 2. The van der Waals surface area contributed by atoms with Gasteiger partial charge in [-0.15, -0.1) is 0 Å². The molecule has 1 unspecified atom stereocenters. The quantitative estimate of drug-likeness (QED) is 0.840. The zero-order valence-electron chi connectivity index (χ0n) is 12.0. The second-order valence-corrected chi connectivity index (χ2v) is 5.46. The van der Waals surface area contributed by atoms with Gasteiger partial charge in [-0.05, 0) is 31.9 Å². The number of benzene rings is 1. The van der Waals surface area contributed by atoms with Crippen LogP contribution in [0.3, 0.4) is 0 Å². The van der Waals surface area contributed by atoms with Crippen LogP contribution in [0.25, 0.3) is 0 Å². The number of rotatable bonds is 6. The van der Waals surface area contributed by atoms with Crippen molar-refractivity contribution < 1.29 is 9.18 Å². The molecule has 0 saturated heterocycles. The van der Waals surface area contributed by atoms with Crippen LogP contribution in [-0.2, 0) is 4.79 Å². The lowest BCUT2D eigenvalue weighted by molar-refractivity contribution is -0.122. The summed E-state index contributed by atoms with van der Waals surface area (Å²) in [6.07, 6.45) is 4.88. The highest BCUT2D eigenvalue weighted by atomic mass is 19.1. The van der Waals surface area contributed by atoms with Crippen molar-refractivity contribution in [1.82, 2.24) is 10.6 Å². The molecule has 1 aromatic rings. The normalized spacial score (nSPS) is 17.1. The molecule has 3 nitrogen and oxygen atoms in total. The Kier molecular flexibility index (Phi) is 5.53. The van der Waals surface area contributed by atoms with Crippen LogP contribution in [0.5, 0.6) is 0 Å². The average molecular weight is 278 g/mol. The fraction of sp³-hybridized carbons (Fsp3) is 0.562. The largest absolute Gasteiger partial charge is 0.349 e.